The van der Waals surface area contributed by atoms with E-state index in [1.165, 1.54) is 6.07 Å². The minimum Gasteiger partial charge on any atom is -0.366 e. The SMILES string of the molecule is CNCC1CCN(C(=O)c2ccc(N3CCC(C)CC3)c([N+](=O)[O-])c2)C1. The first kappa shape index (κ1) is 18.6. The van der Waals surface area contributed by atoms with Crippen molar-refractivity contribution in [3.8, 4) is 0 Å². The number of anilines is 1. The van der Waals surface area contributed by atoms with Crippen LogP contribution in [0, 0.1) is 22.0 Å². The van der Waals surface area contributed by atoms with Gasteiger partial charge < -0.3 is 15.1 Å². The molecule has 0 saturated carbocycles. The van der Waals surface area contributed by atoms with Crippen LogP contribution in [0.25, 0.3) is 0 Å². The molecule has 0 radical (unpaired) electrons. The summed E-state index contributed by atoms with van der Waals surface area (Å²) in [5, 5.41) is 14.8. The van der Waals surface area contributed by atoms with Crippen molar-refractivity contribution in [2.75, 3.05) is 44.7 Å². The number of nitrogens with zero attached hydrogens (tertiary/aromatic N) is 3. The van der Waals surface area contributed by atoms with Gasteiger partial charge in [-0.3, -0.25) is 14.9 Å². The standard InChI is InChI=1S/C19H28N4O3/c1-14-5-8-21(9-6-14)17-4-3-16(11-18(17)23(25)26)19(24)22-10-7-15(13-22)12-20-2/h3-4,11,14-15,20H,5-10,12-13H2,1-2H3. The van der Waals surface area contributed by atoms with Gasteiger partial charge in [-0.25, -0.2) is 0 Å². The largest absolute Gasteiger partial charge is 0.366 e. The summed E-state index contributed by atoms with van der Waals surface area (Å²) in [6.07, 6.45) is 3.05. The summed E-state index contributed by atoms with van der Waals surface area (Å²) in [7, 11) is 1.91. The van der Waals surface area contributed by atoms with Crippen molar-refractivity contribution in [3.63, 3.8) is 0 Å². The predicted octanol–water partition coefficient (Wildman–Crippen LogP) is 2.51. The zero-order valence-electron chi connectivity index (χ0n) is 15.6. The highest BCUT2D eigenvalue weighted by Crippen LogP contribution is 2.33. The lowest BCUT2D eigenvalue weighted by atomic mass is 9.98. The molecule has 142 valence electrons. The third-order valence-corrected chi connectivity index (χ3v) is 5.61. The summed E-state index contributed by atoms with van der Waals surface area (Å²) in [5.41, 5.74) is 1.08. The molecule has 2 saturated heterocycles. The Labute approximate surface area is 154 Å². The third kappa shape index (κ3) is 3.98. The van der Waals surface area contributed by atoms with E-state index in [-0.39, 0.29) is 16.5 Å². The molecule has 1 atom stereocenters. The van der Waals surface area contributed by atoms with E-state index in [1.54, 1.807) is 12.1 Å². The molecule has 2 heterocycles. The number of likely N-dealkylation sites (tertiary alicyclic amines) is 1. The van der Waals surface area contributed by atoms with Gasteiger partial charge in [-0.15, -0.1) is 0 Å². The number of carbonyl (C=O) groups excluding carboxylic acids is 1. The van der Waals surface area contributed by atoms with Crippen LogP contribution in [-0.2, 0) is 0 Å². The number of benzene rings is 1. The fourth-order valence-corrected chi connectivity index (χ4v) is 3.97. The molecule has 2 aliphatic rings. The monoisotopic (exact) mass is 360 g/mol. The van der Waals surface area contributed by atoms with E-state index in [1.807, 2.05) is 11.9 Å². The summed E-state index contributed by atoms with van der Waals surface area (Å²) >= 11 is 0. The number of hydrogen-bond acceptors (Lipinski definition) is 5. The first-order valence-electron chi connectivity index (χ1n) is 9.47. The van der Waals surface area contributed by atoms with Gasteiger partial charge in [-0.1, -0.05) is 6.92 Å². The molecule has 0 bridgehead atoms. The Kier molecular flexibility index (Phi) is 5.76. The number of hydrogen-bond donors (Lipinski definition) is 1. The predicted molar refractivity (Wildman–Crippen MR) is 102 cm³/mol. The van der Waals surface area contributed by atoms with Crippen LogP contribution in [-0.4, -0.2) is 55.5 Å². The molecule has 1 aromatic rings. The zero-order chi connectivity index (χ0) is 18.7. The van der Waals surface area contributed by atoms with Gasteiger partial charge in [0.15, 0.2) is 0 Å². The Hall–Kier alpha value is -2.15. The Bertz CT molecular complexity index is 671. The van der Waals surface area contributed by atoms with E-state index in [2.05, 4.69) is 17.1 Å². The van der Waals surface area contributed by atoms with E-state index in [0.29, 0.717) is 36.2 Å². The number of nitrogens with one attached hydrogen (secondary N) is 1. The summed E-state index contributed by atoms with van der Waals surface area (Å²) in [6, 6.07) is 4.96. The van der Waals surface area contributed by atoms with Gasteiger partial charge >= 0.3 is 0 Å². The van der Waals surface area contributed by atoms with Crippen molar-refractivity contribution < 1.29 is 9.72 Å². The third-order valence-electron chi connectivity index (χ3n) is 5.61. The Morgan fingerprint density at radius 3 is 2.65 bits per heavy atom. The second kappa shape index (κ2) is 8.03. The van der Waals surface area contributed by atoms with Gasteiger partial charge in [-0.2, -0.15) is 0 Å². The fourth-order valence-electron chi connectivity index (χ4n) is 3.97. The number of rotatable bonds is 5. The van der Waals surface area contributed by atoms with Crippen LogP contribution < -0.4 is 10.2 Å². The smallest absolute Gasteiger partial charge is 0.293 e. The fraction of sp³-hybridized carbons (Fsp3) is 0.632. The number of nitro groups is 1. The lowest BCUT2D eigenvalue weighted by molar-refractivity contribution is -0.384. The highest BCUT2D eigenvalue weighted by molar-refractivity contribution is 5.96. The molecule has 2 aliphatic heterocycles. The van der Waals surface area contributed by atoms with E-state index in [0.717, 1.165) is 38.9 Å². The maximum atomic E-state index is 12.8. The molecule has 1 N–H and O–H groups in total. The van der Waals surface area contributed by atoms with Crippen molar-refractivity contribution in [1.29, 1.82) is 0 Å². The summed E-state index contributed by atoms with van der Waals surface area (Å²) in [4.78, 5) is 27.9. The molecular formula is C19H28N4O3. The topological polar surface area (TPSA) is 78.7 Å². The second-order valence-corrected chi connectivity index (χ2v) is 7.59. The van der Waals surface area contributed by atoms with Gasteiger partial charge in [0.1, 0.15) is 5.69 Å². The average molecular weight is 360 g/mol. The zero-order valence-corrected chi connectivity index (χ0v) is 15.6. The number of carbonyl (C=O) groups is 1. The van der Waals surface area contributed by atoms with E-state index in [4.69, 9.17) is 0 Å². The van der Waals surface area contributed by atoms with Crippen molar-refractivity contribution in [1.82, 2.24) is 10.2 Å². The first-order valence-corrected chi connectivity index (χ1v) is 9.47. The summed E-state index contributed by atoms with van der Waals surface area (Å²) in [6.45, 7) is 6.17. The highest BCUT2D eigenvalue weighted by atomic mass is 16.6. The Balaban J connectivity index is 1.78. The van der Waals surface area contributed by atoms with Gasteiger partial charge in [0.05, 0.1) is 4.92 Å². The van der Waals surface area contributed by atoms with Crippen molar-refractivity contribution in [3.05, 3.63) is 33.9 Å². The van der Waals surface area contributed by atoms with Crippen LogP contribution in [0.4, 0.5) is 11.4 Å². The van der Waals surface area contributed by atoms with Crippen LogP contribution in [0.3, 0.4) is 0 Å². The van der Waals surface area contributed by atoms with E-state index < -0.39 is 0 Å². The minimum absolute atomic E-state index is 0.0383. The van der Waals surface area contributed by atoms with Crippen molar-refractivity contribution in [2.24, 2.45) is 11.8 Å². The van der Waals surface area contributed by atoms with E-state index >= 15 is 0 Å². The second-order valence-electron chi connectivity index (χ2n) is 7.59. The maximum absolute atomic E-state index is 12.8. The van der Waals surface area contributed by atoms with Crippen LogP contribution in [0.15, 0.2) is 18.2 Å². The lowest BCUT2D eigenvalue weighted by Crippen LogP contribution is -2.33. The van der Waals surface area contributed by atoms with Crippen LogP contribution in [0.2, 0.25) is 0 Å². The molecule has 0 spiro atoms. The number of amides is 1. The van der Waals surface area contributed by atoms with Crippen molar-refractivity contribution >= 4 is 17.3 Å². The van der Waals surface area contributed by atoms with Crippen molar-refractivity contribution in [2.45, 2.75) is 26.2 Å². The lowest BCUT2D eigenvalue weighted by Gasteiger charge is -2.31. The quantitative estimate of drug-likeness (QED) is 0.645. The molecule has 3 rings (SSSR count). The van der Waals surface area contributed by atoms with Gasteiger partial charge in [0.25, 0.3) is 11.6 Å². The van der Waals surface area contributed by atoms with Crippen LogP contribution in [0.1, 0.15) is 36.5 Å². The first-order chi connectivity index (χ1) is 12.5. The Morgan fingerprint density at radius 1 is 1.27 bits per heavy atom. The maximum Gasteiger partial charge on any atom is 0.293 e. The molecule has 1 unspecified atom stereocenters. The van der Waals surface area contributed by atoms with E-state index in [9.17, 15) is 14.9 Å². The molecule has 0 aromatic heterocycles. The normalized spacial score (nSPS) is 21.2. The summed E-state index contributed by atoms with van der Waals surface area (Å²) < 4.78 is 0. The highest BCUT2D eigenvalue weighted by Gasteiger charge is 2.29. The molecule has 1 amide bonds. The molecular weight excluding hydrogens is 332 g/mol. The van der Waals surface area contributed by atoms with Gasteiger partial charge in [0.2, 0.25) is 0 Å². The molecule has 26 heavy (non-hydrogen) atoms. The Morgan fingerprint density at radius 2 is 2.00 bits per heavy atom. The molecule has 1 aromatic carbocycles. The van der Waals surface area contributed by atoms with Gasteiger partial charge in [-0.05, 0) is 56.8 Å². The van der Waals surface area contributed by atoms with Crippen LogP contribution in [0.5, 0.6) is 0 Å². The molecule has 7 nitrogen and oxygen atoms in total. The minimum atomic E-state index is -0.363. The number of piperidine rings is 1. The molecule has 2 fully saturated rings. The van der Waals surface area contributed by atoms with Crippen LogP contribution >= 0.6 is 0 Å². The number of nitro benzene ring substituents is 1. The average Bonchev–Trinajstić information content (AvgIpc) is 3.10. The molecule has 0 aliphatic carbocycles. The summed E-state index contributed by atoms with van der Waals surface area (Å²) in [5.74, 6) is 1.01. The van der Waals surface area contributed by atoms with Gasteiger partial charge in [0, 0.05) is 37.8 Å². The molecule has 7 heteroatoms.